The molecule has 128 valence electrons. The molecule has 0 saturated carbocycles. The molecule has 2 aromatic heterocycles. The van der Waals surface area contributed by atoms with Gasteiger partial charge in [0, 0.05) is 11.6 Å². The van der Waals surface area contributed by atoms with Gasteiger partial charge in [-0.3, -0.25) is 9.89 Å². The van der Waals surface area contributed by atoms with Crippen molar-refractivity contribution in [3.63, 3.8) is 0 Å². The van der Waals surface area contributed by atoms with Gasteiger partial charge in [-0.05, 0) is 12.1 Å². The van der Waals surface area contributed by atoms with Gasteiger partial charge in [-0.15, -0.1) is 0 Å². The van der Waals surface area contributed by atoms with Crippen molar-refractivity contribution in [2.24, 2.45) is 0 Å². The van der Waals surface area contributed by atoms with Crippen LogP contribution in [-0.4, -0.2) is 26.3 Å². The van der Waals surface area contributed by atoms with Crippen molar-refractivity contribution in [1.29, 1.82) is 0 Å². The maximum atomic E-state index is 11.5. The highest BCUT2D eigenvalue weighted by atomic mass is 35.5. The van der Waals surface area contributed by atoms with Crippen molar-refractivity contribution in [2.75, 3.05) is 0 Å². The summed E-state index contributed by atoms with van der Waals surface area (Å²) in [6.45, 7) is 0. The van der Waals surface area contributed by atoms with Gasteiger partial charge in [0.2, 0.25) is 5.43 Å². The quantitative estimate of drug-likeness (QED) is 0.631. The van der Waals surface area contributed by atoms with Crippen LogP contribution in [0.2, 0.25) is 15.3 Å². The monoisotopic (exact) mass is 397 g/mol. The topological polar surface area (TPSA) is 95.9 Å². The lowest BCUT2D eigenvalue weighted by Gasteiger charge is -1.98. The van der Waals surface area contributed by atoms with Crippen LogP contribution in [0.25, 0.3) is 11.3 Å². The van der Waals surface area contributed by atoms with Gasteiger partial charge >= 0.3 is 5.97 Å². The minimum Gasteiger partial charge on any atom is -0.476 e. The maximum absolute atomic E-state index is 11.5. The van der Waals surface area contributed by atoms with Crippen molar-refractivity contribution >= 4 is 40.8 Å². The number of pyridine rings is 1. The Morgan fingerprint density at radius 1 is 1.04 bits per heavy atom. The Kier molecular flexibility index (Phi) is 6.52. The summed E-state index contributed by atoms with van der Waals surface area (Å²) in [7, 11) is 0. The Hall–Kier alpha value is -2.41. The van der Waals surface area contributed by atoms with Gasteiger partial charge in [-0.2, -0.15) is 5.10 Å². The van der Waals surface area contributed by atoms with E-state index in [1.807, 2.05) is 30.3 Å². The van der Waals surface area contributed by atoms with Crippen LogP contribution in [-0.2, 0) is 0 Å². The Balaban J connectivity index is 0.000000186. The third kappa shape index (κ3) is 5.29. The highest BCUT2D eigenvalue weighted by Gasteiger charge is 2.10. The number of rotatable bonds is 2. The van der Waals surface area contributed by atoms with Crippen LogP contribution in [0.1, 0.15) is 10.5 Å². The van der Waals surface area contributed by atoms with E-state index in [2.05, 4.69) is 15.2 Å². The number of carboxylic acid groups (broad SMARTS) is 1. The summed E-state index contributed by atoms with van der Waals surface area (Å²) in [6, 6.07) is 13.4. The Bertz CT molecular complexity index is 946. The Morgan fingerprint density at radius 2 is 1.72 bits per heavy atom. The summed E-state index contributed by atoms with van der Waals surface area (Å²) in [4.78, 5) is 25.3. The molecule has 0 saturated heterocycles. The van der Waals surface area contributed by atoms with Crippen molar-refractivity contribution in [3.8, 4) is 11.3 Å². The van der Waals surface area contributed by atoms with E-state index >= 15 is 0 Å². The van der Waals surface area contributed by atoms with E-state index in [9.17, 15) is 9.59 Å². The van der Waals surface area contributed by atoms with Crippen LogP contribution in [0.5, 0.6) is 0 Å². The molecular weight excluding hydrogens is 389 g/mol. The molecule has 0 bridgehead atoms. The van der Waals surface area contributed by atoms with Crippen LogP contribution in [0.15, 0.2) is 53.3 Å². The second kappa shape index (κ2) is 8.62. The Labute approximate surface area is 157 Å². The van der Waals surface area contributed by atoms with E-state index < -0.39 is 5.97 Å². The predicted octanol–water partition coefficient (Wildman–Crippen LogP) is 4.18. The average Bonchev–Trinajstić information content (AvgIpc) is 2.58. The molecule has 6 nitrogen and oxygen atoms in total. The van der Waals surface area contributed by atoms with E-state index in [0.29, 0.717) is 5.69 Å². The molecule has 0 atom stereocenters. The van der Waals surface area contributed by atoms with E-state index in [4.69, 9.17) is 39.9 Å². The highest BCUT2D eigenvalue weighted by molar-refractivity contribution is 6.34. The fourth-order valence-corrected chi connectivity index (χ4v) is 2.23. The molecular formula is C16H10Cl3N3O3. The molecule has 1 aromatic carbocycles. The fraction of sp³-hybridized carbons (Fsp3) is 0. The molecule has 0 aliphatic heterocycles. The summed E-state index contributed by atoms with van der Waals surface area (Å²) in [5, 5.41) is 15.4. The first kappa shape index (κ1) is 18.9. The lowest BCUT2D eigenvalue weighted by Crippen LogP contribution is -2.07. The number of aromatic amines is 1. The molecule has 2 N–H and O–H groups in total. The molecule has 0 amide bonds. The highest BCUT2D eigenvalue weighted by Crippen LogP contribution is 2.16. The van der Waals surface area contributed by atoms with Gasteiger partial charge in [-0.25, -0.2) is 9.78 Å². The van der Waals surface area contributed by atoms with Gasteiger partial charge in [0.05, 0.1) is 5.02 Å². The van der Waals surface area contributed by atoms with Gasteiger partial charge in [0.1, 0.15) is 16.0 Å². The summed E-state index contributed by atoms with van der Waals surface area (Å²) < 4.78 is 0. The van der Waals surface area contributed by atoms with Gasteiger partial charge in [0.15, 0.2) is 5.69 Å². The minimum atomic E-state index is -1.18. The van der Waals surface area contributed by atoms with E-state index in [-0.39, 0.29) is 26.5 Å². The van der Waals surface area contributed by atoms with Crippen molar-refractivity contribution in [1.82, 2.24) is 15.2 Å². The SMILES string of the molecule is O=C(O)c1nc(Cl)ccc1Cl.O=c1cc(Cl)[nH]nc1-c1ccccc1. The van der Waals surface area contributed by atoms with Gasteiger partial charge < -0.3 is 5.11 Å². The molecule has 3 aromatic rings. The number of carboxylic acids is 1. The zero-order valence-electron chi connectivity index (χ0n) is 12.4. The third-order valence-corrected chi connectivity index (χ3v) is 3.54. The summed E-state index contributed by atoms with van der Waals surface area (Å²) in [5.74, 6) is -1.18. The lowest BCUT2D eigenvalue weighted by molar-refractivity contribution is 0.0690. The zero-order valence-corrected chi connectivity index (χ0v) is 14.7. The van der Waals surface area contributed by atoms with Crippen molar-refractivity contribution < 1.29 is 9.90 Å². The molecule has 0 aliphatic rings. The predicted molar refractivity (Wildman–Crippen MR) is 96.5 cm³/mol. The molecule has 9 heteroatoms. The first-order chi connectivity index (χ1) is 11.9. The summed E-state index contributed by atoms with van der Waals surface area (Å²) in [5.41, 5.74) is 0.763. The molecule has 2 heterocycles. The number of hydrogen-bond donors (Lipinski definition) is 2. The number of halogens is 3. The molecule has 0 radical (unpaired) electrons. The second-order valence-corrected chi connectivity index (χ2v) is 5.77. The first-order valence-corrected chi connectivity index (χ1v) is 7.88. The summed E-state index contributed by atoms with van der Waals surface area (Å²) >= 11 is 16.5. The average molecular weight is 399 g/mol. The molecule has 0 fully saturated rings. The third-order valence-electron chi connectivity index (χ3n) is 2.83. The minimum absolute atomic E-state index is 0.0851. The number of nitrogens with one attached hydrogen (secondary N) is 1. The van der Waals surface area contributed by atoms with Crippen LogP contribution >= 0.6 is 34.8 Å². The van der Waals surface area contributed by atoms with Crippen LogP contribution in [0.3, 0.4) is 0 Å². The van der Waals surface area contributed by atoms with Crippen LogP contribution in [0.4, 0.5) is 0 Å². The van der Waals surface area contributed by atoms with Crippen LogP contribution in [0, 0.1) is 0 Å². The van der Waals surface area contributed by atoms with Crippen LogP contribution < -0.4 is 5.43 Å². The number of hydrogen-bond acceptors (Lipinski definition) is 4. The lowest BCUT2D eigenvalue weighted by atomic mass is 10.1. The molecule has 3 rings (SSSR count). The van der Waals surface area contributed by atoms with Gasteiger partial charge in [-0.1, -0.05) is 65.1 Å². The number of H-pyrrole nitrogens is 1. The summed E-state index contributed by atoms with van der Waals surface area (Å²) in [6.07, 6.45) is 0. The largest absolute Gasteiger partial charge is 0.476 e. The van der Waals surface area contributed by atoms with E-state index in [1.54, 1.807) is 0 Å². The number of carbonyl (C=O) groups is 1. The smallest absolute Gasteiger partial charge is 0.356 e. The maximum Gasteiger partial charge on any atom is 0.356 e. The second-order valence-electron chi connectivity index (χ2n) is 4.56. The van der Waals surface area contributed by atoms with E-state index in [1.165, 1.54) is 18.2 Å². The van der Waals surface area contributed by atoms with Crippen molar-refractivity contribution in [2.45, 2.75) is 0 Å². The molecule has 25 heavy (non-hydrogen) atoms. The van der Waals surface area contributed by atoms with E-state index in [0.717, 1.165) is 5.56 Å². The fourth-order valence-electron chi connectivity index (χ4n) is 1.75. The first-order valence-electron chi connectivity index (χ1n) is 6.74. The Morgan fingerprint density at radius 3 is 2.28 bits per heavy atom. The van der Waals surface area contributed by atoms with Gasteiger partial charge in [0.25, 0.3) is 0 Å². The molecule has 0 spiro atoms. The zero-order chi connectivity index (χ0) is 18.4. The standard InChI is InChI=1S/C10H7ClN2O.C6H3Cl2NO2/c11-9-6-8(14)10(13-12-9)7-4-2-1-3-5-7;7-3-1-2-4(8)9-5(3)6(10)11/h1-6H,(H,12,14);1-2H,(H,10,11). The number of aromatic carboxylic acids is 1. The number of aromatic nitrogens is 3. The molecule has 0 aliphatic carbocycles. The molecule has 0 unspecified atom stereocenters. The number of nitrogens with zero attached hydrogens (tertiary/aromatic N) is 2. The van der Waals surface area contributed by atoms with Crippen molar-refractivity contribution in [3.05, 3.63) is 79.8 Å². The number of benzene rings is 1. The normalized spacial score (nSPS) is 9.88.